The second kappa shape index (κ2) is 9.94. The molecule has 9 heteroatoms. The molecule has 0 aliphatic heterocycles. The molecule has 0 unspecified atom stereocenters. The summed E-state index contributed by atoms with van der Waals surface area (Å²) in [7, 11) is 1.86. The summed E-state index contributed by atoms with van der Waals surface area (Å²) in [6, 6.07) is 6.17. The fourth-order valence-electron chi connectivity index (χ4n) is 2.20. The van der Waals surface area contributed by atoms with Gasteiger partial charge in [0.1, 0.15) is 0 Å². The third-order valence-electron chi connectivity index (χ3n) is 3.64. The van der Waals surface area contributed by atoms with Gasteiger partial charge < -0.3 is 0 Å². The Hall–Kier alpha value is -1.58. The Labute approximate surface area is 166 Å². The normalized spacial score (nSPS) is 11.0. The Morgan fingerprint density at radius 1 is 1.00 bits per heavy atom. The number of nitrogens with zero attached hydrogens (tertiary/aromatic N) is 6. The van der Waals surface area contributed by atoms with Crippen molar-refractivity contribution in [2.45, 2.75) is 34.0 Å². The van der Waals surface area contributed by atoms with E-state index in [2.05, 4.69) is 38.5 Å². The molecule has 0 amide bonds. The lowest BCUT2D eigenvalue weighted by Gasteiger charge is -2.10. The Balaban J connectivity index is 1.46. The zero-order chi connectivity index (χ0) is 18.2. The lowest BCUT2D eigenvalue weighted by molar-refractivity contribution is 0.664. The van der Waals surface area contributed by atoms with Crippen molar-refractivity contribution in [1.29, 1.82) is 0 Å². The highest BCUT2D eigenvalue weighted by Gasteiger charge is 2.07. The molecule has 0 saturated carbocycles. The average Bonchev–Trinajstić information content (AvgIpc) is 3.07. The number of aromatic nitrogens is 6. The molecule has 0 aliphatic rings. The van der Waals surface area contributed by atoms with Crippen molar-refractivity contribution >= 4 is 35.3 Å². The predicted octanol–water partition coefficient (Wildman–Crippen LogP) is 3.88. The lowest BCUT2D eigenvalue weighted by atomic mass is 10.2. The van der Waals surface area contributed by atoms with Crippen LogP contribution in [0, 0.1) is 6.92 Å². The summed E-state index contributed by atoms with van der Waals surface area (Å²) in [5.74, 6) is 2.95. The van der Waals surface area contributed by atoms with E-state index in [1.807, 2.05) is 49.5 Å². The SMILES string of the molecule is Cc1c(SCCCSc2nnnn2C)ccnc1CSc1ccncc1. The molecule has 3 aromatic rings. The Morgan fingerprint density at radius 3 is 2.58 bits per heavy atom. The number of rotatable bonds is 9. The van der Waals surface area contributed by atoms with E-state index in [0.717, 1.165) is 34.5 Å². The van der Waals surface area contributed by atoms with Crippen LogP contribution in [0.2, 0.25) is 0 Å². The van der Waals surface area contributed by atoms with Crippen LogP contribution in [0.15, 0.2) is 51.7 Å². The van der Waals surface area contributed by atoms with Gasteiger partial charge in [-0.2, -0.15) is 0 Å². The average molecular weight is 405 g/mol. The molecule has 0 aromatic carbocycles. The minimum Gasteiger partial charge on any atom is -0.265 e. The van der Waals surface area contributed by atoms with Crippen LogP contribution < -0.4 is 0 Å². The molecular weight excluding hydrogens is 384 g/mol. The van der Waals surface area contributed by atoms with E-state index in [1.165, 1.54) is 15.4 Å². The number of pyridine rings is 2. The predicted molar refractivity (Wildman–Crippen MR) is 108 cm³/mol. The molecule has 3 rings (SSSR count). The number of hydrogen-bond acceptors (Lipinski definition) is 8. The van der Waals surface area contributed by atoms with Crippen LogP contribution in [0.3, 0.4) is 0 Å². The van der Waals surface area contributed by atoms with Crippen LogP contribution in [0.25, 0.3) is 0 Å². The summed E-state index contributed by atoms with van der Waals surface area (Å²) in [4.78, 5) is 11.2. The van der Waals surface area contributed by atoms with Crippen molar-refractivity contribution < 1.29 is 0 Å². The number of tetrazole rings is 1. The second-order valence-electron chi connectivity index (χ2n) is 5.49. The van der Waals surface area contributed by atoms with E-state index in [-0.39, 0.29) is 0 Å². The van der Waals surface area contributed by atoms with Crippen molar-refractivity contribution in [3.05, 3.63) is 48.0 Å². The molecule has 0 spiro atoms. The highest BCUT2D eigenvalue weighted by atomic mass is 32.2. The van der Waals surface area contributed by atoms with Gasteiger partial charge in [0.25, 0.3) is 0 Å². The summed E-state index contributed by atoms with van der Waals surface area (Å²) < 4.78 is 1.71. The van der Waals surface area contributed by atoms with Crippen molar-refractivity contribution in [3.8, 4) is 0 Å². The molecular formula is C17H20N6S3. The van der Waals surface area contributed by atoms with Gasteiger partial charge in [-0.1, -0.05) is 11.8 Å². The maximum absolute atomic E-state index is 4.56. The van der Waals surface area contributed by atoms with E-state index in [4.69, 9.17) is 0 Å². The monoisotopic (exact) mass is 404 g/mol. The van der Waals surface area contributed by atoms with Crippen LogP contribution in [-0.4, -0.2) is 41.7 Å². The minimum atomic E-state index is 0.866. The molecule has 6 nitrogen and oxygen atoms in total. The topological polar surface area (TPSA) is 69.4 Å². The first-order chi connectivity index (χ1) is 12.7. The molecule has 0 N–H and O–H groups in total. The standard InChI is InChI=1S/C17H20N6S3/c1-13-15(12-26-14-4-7-18-8-5-14)19-9-6-16(13)24-10-3-11-25-17-20-21-22-23(17)2/h4-9H,3,10-12H2,1-2H3. The van der Waals surface area contributed by atoms with E-state index in [1.54, 1.807) is 28.2 Å². The fraction of sp³-hybridized carbons (Fsp3) is 0.353. The van der Waals surface area contributed by atoms with E-state index < -0.39 is 0 Å². The smallest absolute Gasteiger partial charge is 0.209 e. The molecule has 3 aromatic heterocycles. The number of hydrogen-bond donors (Lipinski definition) is 0. The first kappa shape index (κ1) is 19.2. The maximum atomic E-state index is 4.56. The third-order valence-corrected chi connectivity index (χ3v) is 7.01. The first-order valence-corrected chi connectivity index (χ1v) is 11.1. The van der Waals surface area contributed by atoms with Gasteiger partial charge in [0.2, 0.25) is 5.16 Å². The molecule has 26 heavy (non-hydrogen) atoms. The van der Waals surface area contributed by atoms with Crippen LogP contribution in [0.4, 0.5) is 0 Å². The lowest BCUT2D eigenvalue weighted by Crippen LogP contribution is -1.96. The zero-order valence-electron chi connectivity index (χ0n) is 14.7. The van der Waals surface area contributed by atoms with E-state index in [0.29, 0.717) is 0 Å². The summed E-state index contributed by atoms with van der Waals surface area (Å²) >= 11 is 5.38. The molecule has 0 aliphatic carbocycles. The first-order valence-electron chi connectivity index (χ1n) is 8.19. The second-order valence-corrected chi connectivity index (χ2v) is 8.74. The molecule has 0 atom stereocenters. The highest BCUT2D eigenvalue weighted by Crippen LogP contribution is 2.29. The minimum absolute atomic E-state index is 0.866. The van der Waals surface area contributed by atoms with E-state index in [9.17, 15) is 0 Å². The van der Waals surface area contributed by atoms with Crippen LogP contribution >= 0.6 is 35.3 Å². The highest BCUT2D eigenvalue weighted by molar-refractivity contribution is 8.00. The van der Waals surface area contributed by atoms with Gasteiger partial charge in [0, 0.05) is 46.9 Å². The van der Waals surface area contributed by atoms with Crippen molar-refractivity contribution in [2.75, 3.05) is 11.5 Å². The van der Waals surface area contributed by atoms with Gasteiger partial charge in [0.05, 0.1) is 5.69 Å². The molecule has 136 valence electrons. The maximum Gasteiger partial charge on any atom is 0.209 e. The summed E-state index contributed by atoms with van der Waals surface area (Å²) in [5.41, 5.74) is 2.43. The van der Waals surface area contributed by atoms with Crippen molar-refractivity contribution in [1.82, 2.24) is 30.2 Å². The summed E-state index contributed by atoms with van der Waals surface area (Å²) in [6.45, 7) is 2.16. The quantitative estimate of drug-likeness (QED) is 0.393. The van der Waals surface area contributed by atoms with Crippen LogP contribution in [-0.2, 0) is 12.8 Å². The van der Waals surface area contributed by atoms with E-state index >= 15 is 0 Å². The van der Waals surface area contributed by atoms with Crippen molar-refractivity contribution in [2.24, 2.45) is 7.05 Å². The summed E-state index contributed by atoms with van der Waals surface area (Å²) in [5, 5.41) is 12.3. The van der Waals surface area contributed by atoms with Gasteiger partial charge in [0.15, 0.2) is 0 Å². The van der Waals surface area contributed by atoms with Crippen LogP contribution in [0.1, 0.15) is 17.7 Å². The van der Waals surface area contributed by atoms with Gasteiger partial charge >= 0.3 is 0 Å². The summed E-state index contributed by atoms with van der Waals surface area (Å²) in [6.07, 6.45) is 6.66. The van der Waals surface area contributed by atoms with Crippen LogP contribution in [0.5, 0.6) is 0 Å². The van der Waals surface area contributed by atoms with Gasteiger partial charge in [-0.25, -0.2) is 4.68 Å². The fourth-order valence-corrected chi connectivity index (χ4v) is 5.08. The number of aryl methyl sites for hydroxylation is 1. The zero-order valence-corrected chi connectivity index (χ0v) is 17.2. The number of thioether (sulfide) groups is 3. The van der Waals surface area contributed by atoms with Gasteiger partial charge in [-0.15, -0.1) is 28.6 Å². The Morgan fingerprint density at radius 2 is 1.81 bits per heavy atom. The van der Waals surface area contributed by atoms with Crippen molar-refractivity contribution in [3.63, 3.8) is 0 Å². The van der Waals surface area contributed by atoms with Gasteiger partial charge in [-0.05, 0) is 53.3 Å². The Kier molecular flexibility index (Phi) is 7.33. The molecule has 0 saturated heterocycles. The third kappa shape index (κ3) is 5.46. The Bertz CT molecular complexity index is 824. The molecule has 3 heterocycles. The molecule has 0 fully saturated rings. The molecule has 0 bridgehead atoms. The van der Waals surface area contributed by atoms with Gasteiger partial charge in [-0.3, -0.25) is 9.97 Å². The largest absolute Gasteiger partial charge is 0.265 e. The molecule has 0 radical (unpaired) electrons.